The van der Waals surface area contributed by atoms with Crippen LogP contribution >= 0.6 is 0 Å². The van der Waals surface area contributed by atoms with E-state index in [9.17, 15) is 4.79 Å². The van der Waals surface area contributed by atoms with Gasteiger partial charge in [0.1, 0.15) is 0 Å². The van der Waals surface area contributed by atoms with Crippen LogP contribution in [0.3, 0.4) is 0 Å². The van der Waals surface area contributed by atoms with E-state index in [0.717, 1.165) is 25.9 Å². The van der Waals surface area contributed by atoms with Crippen LogP contribution in [0.15, 0.2) is 36.9 Å². The van der Waals surface area contributed by atoms with Crippen LogP contribution in [-0.4, -0.2) is 23.9 Å². The lowest BCUT2D eigenvalue weighted by Gasteiger charge is -2.39. The van der Waals surface area contributed by atoms with Gasteiger partial charge in [0.2, 0.25) is 5.91 Å². The number of nitrogens with zero attached hydrogens (tertiary/aromatic N) is 1. The summed E-state index contributed by atoms with van der Waals surface area (Å²) in [6.07, 6.45) is 3.46. The Labute approximate surface area is 122 Å². The maximum atomic E-state index is 11.6. The highest BCUT2D eigenvalue weighted by atomic mass is 16.2. The van der Waals surface area contributed by atoms with Crippen molar-refractivity contribution in [2.45, 2.75) is 44.9 Å². The molecule has 2 rings (SSSR count). The molecule has 0 N–H and O–H groups in total. The van der Waals surface area contributed by atoms with E-state index in [2.05, 4.69) is 51.6 Å². The summed E-state index contributed by atoms with van der Waals surface area (Å²) in [7, 11) is 0. The molecule has 2 nitrogen and oxygen atoms in total. The summed E-state index contributed by atoms with van der Waals surface area (Å²) in [6, 6.07) is 9.01. The molecule has 0 radical (unpaired) electrons. The van der Waals surface area contributed by atoms with Crippen LogP contribution in [0, 0.1) is 0 Å². The first-order valence-electron chi connectivity index (χ1n) is 7.48. The minimum atomic E-state index is 0.0576. The molecule has 1 saturated heterocycles. The molecule has 1 amide bonds. The third kappa shape index (κ3) is 2.95. The molecule has 0 bridgehead atoms. The van der Waals surface area contributed by atoms with Crippen molar-refractivity contribution in [3.8, 4) is 0 Å². The number of hydrogen-bond acceptors (Lipinski definition) is 1. The lowest BCUT2D eigenvalue weighted by atomic mass is 9.74. The van der Waals surface area contributed by atoms with E-state index in [0.29, 0.717) is 5.92 Å². The molecular weight excluding hydrogens is 246 g/mol. The summed E-state index contributed by atoms with van der Waals surface area (Å²) in [6.45, 7) is 12.0. The highest BCUT2D eigenvalue weighted by Crippen LogP contribution is 2.35. The Bertz CT molecular complexity index is 479. The average molecular weight is 271 g/mol. The largest absolute Gasteiger partial charge is 0.339 e. The Morgan fingerprint density at radius 3 is 2.25 bits per heavy atom. The van der Waals surface area contributed by atoms with Crippen LogP contribution in [0.5, 0.6) is 0 Å². The second kappa shape index (κ2) is 5.82. The summed E-state index contributed by atoms with van der Waals surface area (Å²) >= 11 is 0. The number of amides is 1. The first kappa shape index (κ1) is 14.8. The van der Waals surface area contributed by atoms with Crippen molar-refractivity contribution in [1.82, 2.24) is 4.90 Å². The third-order valence-electron chi connectivity index (χ3n) is 4.63. The van der Waals surface area contributed by atoms with Gasteiger partial charge in [-0.3, -0.25) is 4.79 Å². The SMILES string of the molecule is C=CC(=O)N1CCC(C)(c2ccc(C(C)C)cc2)CC1. The van der Waals surface area contributed by atoms with Crippen LogP contribution in [0.2, 0.25) is 0 Å². The van der Waals surface area contributed by atoms with Crippen molar-refractivity contribution in [3.63, 3.8) is 0 Å². The molecule has 108 valence electrons. The maximum Gasteiger partial charge on any atom is 0.245 e. The van der Waals surface area contributed by atoms with Crippen molar-refractivity contribution in [2.75, 3.05) is 13.1 Å². The minimum Gasteiger partial charge on any atom is -0.339 e. The van der Waals surface area contributed by atoms with Crippen molar-refractivity contribution in [2.24, 2.45) is 0 Å². The highest BCUT2D eigenvalue weighted by molar-refractivity contribution is 5.87. The first-order valence-corrected chi connectivity index (χ1v) is 7.48. The van der Waals surface area contributed by atoms with Gasteiger partial charge in [-0.2, -0.15) is 0 Å². The monoisotopic (exact) mass is 271 g/mol. The van der Waals surface area contributed by atoms with E-state index >= 15 is 0 Å². The zero-order valence-corrected chi connectivity index (χ0v) is 12.9. The van der Waals surface area contributed by atoms with E-state index in [-0.39, 0.29) is 11.3 Å². The average Bonchev–Trinajstić information content (AvgIpc) is 2.47. The fourth-order valence-electron chi connectivity index (χ4n) is 2.91. The summed E-state index contributed by atoms with van der Waals surface area (Å²) in [5.74, 6) is 0.631. The van der Waals surface area contributed by atoms with Crippen LogP contribution in [0.25, 0.3) is 0 Å². The summed E-state index contributed by atoms with van der Waals surface area (Å²) in [4.78, 5) is 13.5. The molecule has 1 aliphatic rings. The van der Waals surface area contributed by atoms with Crippen molar-refractivity contribution in [3.05, 3.63) is 48.0 Å². The molecule has 0 unspecified atom stereocenters. The lowest BCUT2D eigenvalue weighted by molar-refractivity contribution is -0.127. The highest BCUT2D eigenvalue weighted by Gasteiger charge is 2.32. The zero-order valence-electron chi connectivity index (χ0n) is 12.9. The van der Waals surface area contributed by atoms with Gasteiger partial charge in [0.25, 0.3) is 0 Å². The predicted octanol–water partition coefficient (Wildman–Crippen LogP) is 3.88. The Morgan fingerprint density at radius 2 is 1.80 bits per heavy atom. The summed E-state index contributed by atoms with van der Waals surface area (Å²) < 4.78 is 0. The lowest BCUT2D eigenvalue weighted by Crippen LogP contribution is -2.43. The van der Waals surface area contributed by atoms with Crippen molar-refractivity contribution >= 4 is 5.91 Å². The van der Waals surface area contributed by atoms with E-state index in [1.54, 1.807) is 0 Å². The molecule has 1 aromatic rings. The fourth-order valence-corrected chi connectivity index (χ4v) is 2.91. The molecular formula is C18H25NO. The number of likely N-dealkylation sites (tertiary alicyclic amines) is 1. The van der Waals surface area contributed by atoms with E-state index in [4.69, 9.17) is 0 Å². The quantitative estimate of drug-likeness (QED) is 0.764. The molecule has 0 aromatic heterocycles. The summed E-state index contributed by atoms with van der Waals surface area (Å²) in [5, 5.41) is 0. The Kier molecular flexibility index (Phi) is 4.32. The molecule has 20 heavy (non-hydrogen) atoms. The standard InChI is InChI=1S/C18H25NO/c1-5-17(20)19-12-10-18(4,11-13-19)16-8-6-15(7-9-16)14(2)3/h5-9,14H,1,10-13H2,2-4H3. The minimum absolute atomic E-state index is 0.0576. The van der Waals surface area contributed by atoms with E-state index < -0.39 is 0 Å². The number of rotatable bonds is 3. The Hall–Kier alpha value is -1.57. The van der Waals surface area contributed by atoms with Crippen LogP contribution in [-0.2, 0) is 10.2 Å². The molecule has 1 aliphatic heterocycles. The van der Waals surface area contributed by atoms with Gasteiger partial charge in [-0.25, -0.2) is 0 Å². The second-order valence-corrected chi connectivity index (χ2v) is 6.37. The van der Waals surface area contributed by atoms with Gasteiger partial charge in [0, 0.05) is 13.1 Å². The fraction of sp³-hybridized carbons (Fsp3) is 0.500. The zero-order chi connectivity index (χ0) is 14.8. The summed E-state index contributed by atoms with van der Waals surface area (Å²) in [5.41, 5.74) is 2.97. The van der Waals surface area contributed by atoms with Gasteiger partial charge in [-0.05, 0) is 41.4 Å². The van der Waals surface area contributed by atoms with Gasteiger partial charge in [0.15, 0.2) is 0 Å². The van der Waals surface area contributed by atoms with Crippen molar-refractivity contribution in [1.29, 1.82) is 0 Å². The topological polar surface area (TPSA) is 20.3 Å². The molecule has 0 spiro atoms. The van der Waals surface area contributed by atoms with Gasteiger partial charge < -0.3 is 4.90 Å². The van der Waals surface area contributed by atoms with Gasteiger partial charge in [-0.1, -0.05) is 51.6 Å². The van der Waals surface area contributed by atoms with E-state index in [1.807, 2.05) is 4.90 Å². The molecule has 0 saturated carbocycles. The predicted molar refractivity (Wildman–Crippen MR) is 83.9 cm³/mol. The van der Waals surface area contributed by atoms with E-state index in [1.165, 1.54) is 17.2 Å². The van der Waals surface area contributed by atoms with Crippen LogP contribution in [0.4, 0.5) is 0 Å². The smallest absolute Gasteiger partial charge is 0.245 e. The number of piperidine rings is 1. The Balaban J connectivity index is 2.09. The normalized spacial score (nSPS) is 18.1. The molecule has 0 aliphatic carbocycles. The third-order valence-corrected chi connectivity index (χ3v) is 4.63. The van der Waals surface area contributed by atoms with Crippen molar-refractivity contribution < 1.29 is 4.79 Å². The van der Waals surface area contributed by atoms with Gasteiger partial charge in [-0.15, -0.1) is 0 Å². The maximum absolute atomic E-state index is 11.6. The van der Waals surface area contributed by atoms with Gasteiger partial charge in [0.05, 0.1) is 0 Å². The molecule has 1 heterocycles. The molecule has 2 heteroatoms. The molecule has 0 atom stereocenters. The number of benzene rings is 1. The number of carbonyl (C=O) groups excluding carboxylic acids is 1. The first-order chi connectivity index (χ1) is 9.46. The number of hydrogen-bond donors (Lipinski definition) is 0. The van der Waals surface area contributed by atoms with Crippen LogP contribution < -0.4 is 0 Å². The second-order valence-electron chi connectivity index (χ2n) is 6.37. The molecule has 1 aromatic carbocycles. The molecule has 1 fully saturated rings. The van der Waals surface area contributed by atoms with Gasteiger partial charge >= 0.3 is 0 Å². The van der Waals surface area contributed by atoms with Crippen LogP contribution in [0.1, 0.15) is 50.7 Å². The Morgan fingerprint density at radius 1 is 1.25 bits per heavy atom. The number of carbonyl (C=O) groups is 1.